The fourth-order valence-corrected chi connectivity index (χ4v) is 2.88. The zero-order valence-corrected chi connectivity index (χ0v) is 17.0. The van der Waals surface area contributed by atoms with E-state index in [2.05, 4.69) is 46.0 Å². The number of guanidine groups is 1. The lowest BCUT2D eigenvalue weighted by molar-refractivity contribution is -0.127. The normalized spacial score (nSPS) is 15.3. The van der Waals surface area contributed by atoms with Crippen molar-refractivity contribution in [1.82, 2.24) is 15.5 Å². The minimum atomic E-state index is -0.00385. The lowest BCUT2D eigenvalue weighted by atomic mass is 9.96. The summed E-state index contributed by atoms with van der Waals surface area (Å²) in [7, 11) is 3.50. The molecule has 1 aromatic rings. The van der Waals surface area contributed by atoms with Crippen molar-refractivity contribution in [2.24, 2.45) is 10.4 Å². The second-order valence-corrected chi connectivity index (χ2v) is 7.45. The van der Waals surface area contributed by atoms with Crippen LogP contribution in [0.25, 0.3) is 0 Å². The molecule has 2 rings (SSSR count). The van der Waals surface area contributed by atoms with E-state index < -0.39 is 0 Å². The lowest BCUT2D eigenvalue weighted by Gasteiger charge is -2.19. The smallest absolute Gasteiger partial charge is 0.243 e. The van der Waals surface area contributed by atoms with Crippen LogP contribution in [0.4, 0.5) is 0 Å². The number of rotatable bonds is 11. The maximum absolute atomic E-state index is 11.9. The van der Waals surface area contributed by atoms with Crippen LogP contribution in [0.1, 0.15) is 31.7 Å². The molecule has 1 saturated carbocycles. The number of nitrogens with zero attached hydrogens (tertiary/aromatic N) is 2. The van der Waals surface area contributed by atoms with Gasteiger partial charge in [0.15, 0.2) is 5.96 Å². The van der Waals surface area contributed by atoms with Gasteiger partial charge in [-0.2, -0.15) is 0 Å². The van der Waals surface area contributed by atoms with Gasteiger partial charge in [0.1, 0.15) is 6.54 Å². The van der Waals surface area contributed by atoms with Gasteiger partial charge < -0.3 is 20.3 Å². The van der Waals surface area contributed by atoms with Crippen LogP contribution in [0.3, 0.4) is 0 Å². The van der Waals surface area contributed by atoms with Crippen molar-refractivity contribution < 1.29 is 9.53 Å². The van der Waals surface area contributed by atoms with Crippen molar-refractivity contribution in [1.29, 1.82) is 0 Å². The molecule has 1 fully saturated rings. The predicted molar refractivity (Wildman–Crippen MR) is 110 cm³/mol. The third kappa shape index (κ3) is 7.99. The van der Waals surface area contributed by atoms with Crippen LogP contribution < -0.4 is 10.6 Å². The second-order valence-electron chi connectivity index (χ2n) is 7.45. The molecule has 0 bridgehead atoms. The fourth-order valence-electron chi connectivity index (χ4n) is 2.88. The van der Waals surface area contributed by atoms with E-state index >= 15 is 0 Å². The van der Waals surface area contributed by atoms with Gasteiger partial charge in [-0.15, -0.1) is 0 Å². The van der Waals surface area contributed by atoms with Crippen LogP contribution in [-0.4, -0.2) is 63.7 Å². The van der Waals surface area contributed by atoms with Crippen molar-refractivity contribution in [3.63, 3.8) is 0 Å². The van der Waals surface area contributed by atoms with Crippen molar-refractivity contribution >= 4 is 11.9 Å². The molecule has 6 nitrogen and oxygen atoms in total. The second kappa shape index (κ2) is 10.9. The van der Waals surface area contributed by atoms with Gasteiger partial charge in [-0.1, -0.05) is 30.3 Å². The Hall–Kier alpha value is -2.08. The quantitative estimate of drug-likeness (QED) is 0.353. The molecule has 1 aliphatic rings. The van der Waals surface area contributed by atoms with E-state index in [-0.39, 0.29) is 12.5 Å². The van der Waals surface area contributed by atoms with E-state index in [4.69, 9.17) is 4.74 Å². The predicted octanol–water partition coefficient (Wildman–Crippen LogP) is 2.06. The molecular weight excluding hydrogens is 340 g/mol. The minimum absolute atomic E-state index is 0.00385. The summed E-state index contributed by atoms with van der Waals surface area (Å²) in [6.45, 7) is 5.25. The Kier molecular flexibility index (Phi) is 8.58. The van der Waals surface area contributed by atoms with Crippen molar-refractivity contribution in [3.05, 3.63) is 35.9 Å². The van der Waals surface area contributed by atoms with E-state index in [0.717, 1.165) is 39.1 Å². The molecule has 1 amide bonds. The molecule has 1 aliphatic carbocycles. The topological polar surface area (TPSA) is 66.0 Å². The van der Waals surface area contributed by atoms with Gasteiger partial charge in [0.25, 0.3) is 0 Å². The number of hydrogen-bond acceptors (Lipinski definition) is 3. The molecule has 6 heteroatoms. The number of carbonyl (C=O) groups excluding carboxylic acids is 1. The molecule has 0 heterocycles. The Morgan fingerprint density at radius 1 is 1.22 bits per heavy atom. The van der Waals surface area contributed by atoms with Crippen LogP contribution in [0.2, 0.25) is 0 Å². The standard InChI is InChI=1S/C21H34N4O2/c1-4-27-14-8-13-22-20(23-16-19(26)25(2)3)24-17-21(11-12-21)15-18-9-6-5-7-10-18/h5-7,9-10H,4,8,11-17H2,1-3H3,(H2,22,23,24). The van der Waals surface area contributed by atoms with Crippen molar-refractivity contribution in [3.8, 4) is 0 Å². The molecule has 27 heavy (non-hydrogen) atoms. The van der Waals surface area contributed by atoms with Gasteiger partial charge in [0.2, 0.25) is 5.91 Å². The van der Waals surface area contributed by atoms with Crippen LogP contribution in [0, 0.1) is 5.41 Å². The minimum Gasteiger partial charge on any atom is -0.382 e. The third-order valence-corrected chi connectivity index (χ3v) is 4.84. The molecule has 2 N–H and O–H groups in total. The maximum Gasteiger partial charge on any atom is 0.243 e. The number of benzene rings is 1. The largest absolute Gasteiger partial charge is 0.382 e. The number of amides is 1. The van der Waals surface area contributed by atoms with Crippen LogP contribution in [0.15, 0.2) is 35.3 Å². The molecule has 0 atom stereocenters. The van der Waals surface area contributed by atoms with Gasteiger partial charge in [0.05, 0.1) is 0 Å². The average Bonchev–Trinajstić information content (AvgIpc) is 3.43. The van der Waals surface area contributed by atoms with E-state index in [1.165, 1.54) is 18.4 Å². The third-order valence-electron chi connectivity index (χ3n) is 4.84. The van der Waals surface area contributed by atoms with E-state index in [1.54, 1.807) is 19.0 Å². The zero-order chi connectivity index (χ0) is 19.5. The number of ether oxygens (including phenoxy) is 1. The molecule has 0 aromatic heterocycles. The number of carbonyl (C=O) groups is 1. The first kappa shape index (κ1) is 21.2. The zero-order valence-electron chi connectivity index (χ0n) is 17.0. The monoisotopic (exact) mass is 374 g/mol. The molecule has 0 spiro atoms. The van der Waals surface area contributed by atoms with E-state index in [9.17, 15) is 4.79 Å². The first-order valence-corrected chi connectivity index (χ1v) is 9.89. The molecule has 150 valence electrons. The molecule has 0 unspecified atom stereocenters. The fraction of sp³-hybridized carbons (Fsp3) is 0.619. The molecule has 0 aliphatic heterocycles. The molecule has 0 saturated heterocycles. The summed E-state index contributed by atoms with van der Waals surface area (Å²) in [5.74, 6) is 0.705. The first-order chi connectivity index (χ1) is 13.0. The molecule has 1 aromatic carbocycles. The summed E-state index contributed by atoms with van der Waals surface area (Å²) >= 11 is 0. The summed E-state index contributed by atoms with van der Waals surface area (Å²) in [6.07, 6.45) is 4.44. The highest BCUT2D eigenvalue weighted by Crippen LogP contribution is 2.47. The summed E-state index contributed by atoms with van der Waals surface area (Å²) < 4.78 is 5.37. The van der Waals surface area contributed by atoms with Crippen LogP contribution in [-0.2, 0) is 16.0 Å². The Morgan fingerprint density at radius 3 is 2.59 bits per heavy atom. The Morgan fingerprint density at radius 2 is 1.96 bits per heavy atom. The van der Waals surface area contributed by atoms with Crippen LogP contribution >= 0.6 is 0 Å². The molecule has 0 radical (unpaired) electrons. The number of nitrogens with one attached hydrogen (secondary N) is 2. The number of hydrogen-bond donors (Lipinski definition) is 2. The van der Waals surface area contributed by atoms with Gasteiger partial charge in [-0.25, -0.2) is 4.99 Å². The SMILES string of the molecule is CCOCCCNC(=NCC(=O)N(C)C)NCC1(Cc2ccccc2)CC1. The van der Waals surface area contributed by atoms with Gasteiger partial charge >= 0.3 is 0 Å². The highest BCUT2D eigenvalue weighted by atomic mass is 16.5. The highest BCUT2D eigenvalue weighted by Gasteiger charge is 2.42. The number of likely N-dealkylation sites (N-methyl/N-ethyl adjacent to an activating group) is 1. The van der Waals surface area contributed by atoms with Crippen molar-refractivity contribution in [2.45, 2.75) is 32.6 Å². The maximum atomic E-state index is 11.9. The Balaban J connectivity index is 1.86. The Labute approximate surface area is 163 Å². The molecular formula is C21H34N4O2. The average molecular weight is 375 g/mol. The summed E-state index contributed by atoms with van der Waals surface area (Å²) in [5.41, 5.74) is 1.68. The first-order valence-electron chi connectivity index (χ1n) is 9.89. The van der Waals surface area contributed by atoms with Gasteiger partial charge in [0, 0.05) is 40.4 Å². The summed E-state index contributed by atoms with van der Waals surface area (Å²) in [4.78, 5) is 17.9. The van der Waals surface area contributed by atoms with E-state index in [0.29, 0.717) is 11.4 Å². The summed E-state index contributed by atoms with van der Waals surface area (Å²) in [6, 6.07) is 10.6. The van der Waals surface area contributed by atoms with Gasteiger partial charge in [-0.05, 0) is 43.6 Å². The lowest BCUT2D eigenvalue weighted by Crippen LogP contribution is -2.42. The highest BCUT2D eigenvalue weighted by molar-refractivity contribution is 5.84. The number of aliphatic imine (C=N–C) groups is 1. The Bertz CT molecular complexity index is 597. The summed E-state index contributed by atoms with van der Waals surface area (Å²) in [5, 5.41) is 6.78. The van der Waals surface area contributed by atoms with Crippen molar-refractivity contribution in [2.75, 3.05) is 46.9 Å². The van der Waals surface area contributed by atoms with E-state index in [1.807, 2.05) is 6.92 Å². The van der Waals surface area contributed by atoms with Crippen LogP contribution in [0.5, 0.6) is 0 Å². The van der Waals surface area contributed by atoms with Gasteiger partial charge in [-0.3, -0.25) is 4.79 Å².